The van der Waals surface area contributed by atoms with Gasteiger partial charge < -0.3 is 4.74 Å². The van der Waals surface area contributed by atoms with Crippen molar-refractivity contribution >= 4 is 21.6 Å². The second-order valence-corrected chi connectivity index (χ2v) is 7.28. The van der Waals surface area contributed by atoms with Crippen molar-refractivity contribution in [2.75, 3.05) is 19.8 Å². The third-order valence-electron chi connectivity index (χ3n) is 3.25. The first-order chi connectivity index (χ1) is 8.89. The fourth-order valence-corrected chi connectivity index (χ4v) is 4.56. The maximum Gasteiger partial charge on any atom is 0.244 e. The molecule has 1 heterocycles. The summed E-state index contributed by atoms with van der Waals surface area (Å²) in [6.45, 7) is 4.92. The number of hydrogen-bond acceptors (Lipinski definition) is 3. The molecule has 4 nitrogen and oxygen atoms in total. The number of rotatable bonds is 3. The molecule has 6 heteroatoms. The van der Waals surface area contributed by atoms with Crippen LogP contribution in [-0.4, -0.2) is 38.0 Å². The Morgan fingerprint density at radius 1 is 1.37 bits per heavy atom. The van der Waals surface area contributed by atoms with Gasteiger partial charge in [0.25, 0.3) is 0 Å². The minimum Gasteiger partial charge on any atom is -0.378 e. The minimum absolute atomic E-state index is 0.181. The largest absolute Gasteiger partial charge is 0.378 e. The number of sulfonamides is 1. The highest BCUT2D eigenvalue weighted by molar-refractivity contribution is 7.89. The normalized spacial score (nSPS) is 20.4. The summed E-state index contributed by atoms with van der Waals surface area (Å²) in [5, 5.41) is 0. The van der Waals surface area contributed by atoms with Crippen molar-refractivity contribution in [1.82, 2.24) is 4.31 Å². The van der Waals surface area contributed by atoms with Crippen molar-refractivity contribution in [2.45, 2.75) is 30.2 Å². The van der Waals surface area contributed by atoms with E-state index in [1.54, 1.807) is 24.3 Å². The topological polar surface area (TPSA) is 46.6 Å². The van der Waals surface area contributed by atoms with Gasteiger partial charge in [0.05, 0.1) is 23.6 Å². The Labute approximate surface area is 119 Å². The van der Waals surface area contributed by atoms with Crippen LogP contribution >= 0.6 is 11.6 Å². The van der Waals surface area contributed by atoms with Crippen LogP contribution < -0.4 is 0 Å². The van der Waals surface area contributed by atoms with Gasteiger partial charge >= 0.3 is 0 Å². The van der Waals surface area contributed by atoms with Gasteiger partial charge in [0.15, 0.2) is 0 Å². The van der Waals surface area contributed by atoms with Gasteiger partial charge in [-0.1, -0.05) is 18.2 Å². The average Bonchev–Trinajstić information content (AvgIpc) is 2.37. The Kier molecular flexibility index (Phi) is 4.20. The second kappa shape index (κ2) is 5.40. The van der Waals surface area contributed by atoms with Gasteiger partial charge in [0.1, 0.15) is 0 Å². The molecule has 0 bridgehead atoms. The van der Waals surface area contributed by atoms with E-state index in [1.165, 1.54) is 4.31 Å². The Morgan fingerprint density at radius 2 is 2.05 bits per heavy atom. The molecule has 1 saturated heterocycles. The zero-order valence-corrected chi connectivity index (χ0v) is 12.7. The summed E-state index contributed by atoms with van der Waals surface area (Å²) < 4.78 is 32.5. The number of nitrogens with zero attached hydrogens (tertiary/aromatic N) is 1. The van der Waals surface area contributed by atoms with Crippen LogP contribution in [0.3, 0.4) is 0 Å². The monoisotopic (exact) mass is 303 g/mol. The van der Waals surface area contributed by atoms with E-state index in [0.29, 0.717) is 30.2 Å². The first-order valence-corrected chi connectivity index (χ1v) is 8.11. The van der Waals surface area contributed by atoms with Crippen molar-refractivity contribution in [3.8, 4) is 0 Å². The van der Waals surface area contributed by atoms with Crippen LogP contribution in [0, 0.1) is 0 Å². The SMILES string of the molecule is CC1(C)COCCN1S(=O)(=O)c1ccccc1CCl. The predicted octanol–water partition coefficient (Wildman–Crippen LogP) is 2.22. The van der Waals surface area contributed by atoms with Crippen LogP contribution in [0.15, 0.2) is 29.2 Å². The molecule has 2 rings (SSSR count). The smallest absolute Gasteiger partial charge is 0.244 e. The van der Waals surface area contributed by atoms with E-state index in [4.69, 9.17) is 16.3 Å². The summed E-state index contributed by atoms with van der Waals surface area (Å²) in [4.78, 5) is 0.292. The Morgan fingerprint density at radius 3 is 2.68 bits per heavy atom. The summed E-state index contributed by atoms with van der Waals surface area (Å²) in [5.41, 5.74) is 0.0858. The summed E-state index contributed by atoms with van der Waals surface area (Å²) in [5.74, 6) is 0.181. The fraction of sp³-hybridized carbons (Fsp3) is 0.538. The van der Waals surface area contributed by atoms with E-state index in [0.717, 1.165) is 0 Å². The van der Waals surface area contributed by atoms with Crippen molar-refractivity contribution in [1.29, 1.82) is 0 Å². The van der Waals surface area contributed by atoms with E-state index in [1.807, 2.05) is 13.8 Å². The lowest BCUT2D eigenvalue weighted by Gasteiger charge is -2.41. The molecular formula is C13H18ClNO3S. The molecule has 1 aromatic rings. The minimum atomic E-state index is -3.54. The van der Waals surface area contributed by atoms with Crippen molar-refractivity contribution < 1.29 is 13.2 Å². The molecule has 0 N–H and O–H groups in total. The lowest BCUT2D eigenvalue weighted by Crippen LogP contribution is -2.55. The van der Waals surface area contributed by atoms with Gasteiger partial charge in [0, 0.05) is 12.4 Å². The molecule has 1 fully saturated rings. The van der Waals surface area contributed by atoms with E-state index >= 15 is 0 Å². The molecule has 0 unspecified atom stereocenters. The van der Waals surface area contributed by atoms with Crippen LogP contribution in [0.4, 0.5) is 0 Å². The summed E-state index contributed by atoms with van der Waals surface area (Å²) in [6.07, 6.45) is 0. The average molecular weight is 304 g/mol. The van der Waals surface area contributed by atoms with E-state index < -0.39 is 15.6 Å². The third kappa shape index (κ3) is 2.79. The fourth-order valence-electron chi connectivity index (χ4n) is 2.27. The molecule has 0 amide bonds. The van der Waals surface area contributed by atoms with Crippen LogP contribution in [0.25, 0.3) is 0 Å². The highest BCUT2D eigenvalue weighted by Gasteiger charge is 2.40. The van der Waals surface area contributed by atoms with Crippen LogP contribution in [0.1, 0.15) is 19.4 Å². The molecule has 106 valence electrons. The zero-order chi connectivity index (χ0) is 14.1. The van der Waals surface area contributed by atoms with Gasteiger partial charge in [-0.2, -0.15) is 4.31 Å². The van der Waals surface area contributed by atoms with Gasteiger partial charge in [-0.3, -0.25) is 0 Å². The summed E-state index contributed by atoms with van der Waals surface area (Å²) >= 11 is 5.84. The number of benzene rings is 1. The zero-order valence-electron chi connectivity index (χ0n) is 11.1. The second-order valence-electron chi connectivity index (χ2n) is 5.18. The maximum atomic E-state index is 12.8. The Bertz CT molecular complexity index is 557. The molecule has 0 radical (unpaired) electrons. The van der Waals surface area contributed by atoms with E-state index in [-0.39, 0.29) is 5.88 Å². The van der Waals surface area contributed by atoms with Crippen LogP contribution in [-0.2, 0) is 20.6 Å². The number of hydrogen-bond donors (Lipinski definition) is 0. The molecule has 1 aliphatic heterocycles. The predicted molar refractivity (Wildman–Crippen MR) is 74.8 cm³/mol. The molecule has 0 aromatic heterocycles. The number of alkyl halides is 1. The molecule has 0 atom stereocenters. The molecule has 0 spiro atoms. The first-order valence-electron chi connectivity index (χ1n) is 6.14. The summed E-state index contributed by atoms with van der Waals surface area (Å²) in [6, 6.07) is 6.86. The molecule has 19 heavy (non-hydrogen) atoms. The number of halogens is 1. The standard InChI is InChI=1S/C13H18ClNO3S/c1-13(2)10-18-8-7-15(13)19(16,17)12-6-4-3-5-11(12)9-14/h3-6H,7-10H2,1-2H3. The van der Waals surface area contributed by atoms with Gasteiger partial charge in [0.2, 0.25) is 10.0 Å². The van der Waals surface area contributed by atoms with Crippen molar-refractivity contribution in [3.05, 3.63) is 29.8 Å². The highest BCUT2D eigenvalue weighted by Crippen LogP contribution is 2.29. The molecule has 0 aliphatic carbocycles. The number of ether oxygens (including phenoxy) is 1. The van der Waals surface area contributed by atoms with Crippen LogP contribution in [0.5, 0.6) is 0 Å². The molecule has 1 aliphatic rings. The Hall–Kier alpha value is -0.620. The first kappa shape index (κ1) is 14.8. The highest BCUT2D eigenvalue weighted by atomic mass is 35.5. The maximum absolute atomic E-state index is 12.8. The Balaban J connectivity index is 2.47. The number of morpholine rings is 1. The third-order valence-corrected chi connectivity index (χ3v) is 5.75. The van der Waals surface area contributed by atoms with E-state index in [2.05, 4.69) is 0 Å². The van der Waals surface area contributed by atoms with E-state index in [9.17, 15) is 8.42 Å². The van der Waals surface area contributed by atoms with Gasteiger partial charge in [-0.05, 0) is 25.5 Å². The quantitative estimate of drug-likeness (QED) is 0.805. The lowest BCUT2D eigenvalue weighted by atomic mass is 10.1. The van der Waals surface area contributed by atoms with Crippen LogP contribution in [0.2, 0.25) is 0 Å². The molecular weight excluding hydrogens is 286 g/mol. The van der Waals surface area contributed by atoms with Gasteiger partial charge in [-0.25, -0.2) is 8.42 Å². The van der Waals surface area contributed by atoms with Gasteiger partial charge in [-0.15, -0.1) is 11.6 Å². The molecule has 1 aromatic carbocycles. The van der Waals surface area contributed by atoms with Crippen molar-refractivity contribution in [2.24, 2.45) is 0 Å². The lowest BCUT2D eigenvalue weighted by molar-refractivity contribution is -0.00772. The summed E-state index contributed by atoms with van der Waals surface area (Å²) in [7, 11) is -3.54. The molecule has 0 saturated carbocycles. The van der Waals surface area contributed by atoms with Crippen molar-refractivity contribution in [3.63, 3.8) is 0 Å².